The lowest BCUT2D eigenvalue weighted by atomic mass is 9.82. The van der Waals surface area contributed by atoms with E-state index in [2.05, 4.69) is 0 Å². The van der Waals surface area contributed by atoms with Crippen molar-refractivity contribution in [2.75, 3.05) is 32.3 Å². The van der Waals surface area contributed by atoms with Gasteiger partial charge >= 0.3 is 5.97 Å². The van der Waals surface area contributed by atoms with Crippen LogP contribution in [-0.4, -0.2) is 80.4 Å². The number of anilines is 1. The fourth-order valence-corrected chi connectivity index (χ4v) is 10.1. The first-order chi connectivity index (χ1) is 21.0. The second-order valence-electron chi connectivity index (χ2n) is 12.8. The van der Waals surface area contributed by atoms with Gasteiger partial charge in [-0.2, -0.15) is 0 Å². The number of rotatable bonds is 10. The molecular weight excluding hydrogens is 580 g/mol. The fourth-order valence-electron chi connectivity index (χ4n) is 7.58. The molecule has 1 saturated heterocycles. The van der Waals surface area contributed by atoms with E-state index in [1.54, 1.807) is 23.0 Å². The van der Waals surface area contributed by atoms with Gasteiger partial charge in [-0.15, -0.1) is 0 Å². The summed E-state index contributed by atoms with van der Waals surface area (Å²) in [6.45, 7) is 6.21. The Labute approximate surface area is 260 Å². The third-order valence-corrected chi connectivity index (χ3v) is 12.2. The van der Waals surface area contributed by atoms with Gasteiger partial charge in [0.1, 0.15) is 5.75 Å². The predicted octanol–water partition coefficient (Wildman–Crippen LogP) is 3.52. The molecule has 5 atom stereocenters. The Morgan fingerprint density at radius 1 is 1.11 bits per heavy atom. The number of methoxy groups -OCH3 is 2. The van der Waals surface area contributed by atoms with Crippen molar-refractivity contribution in [3.05, 3.63) is 59.2 Å². The molecule has 2 aromatic carbocycles. The number of aliphatic hydroxyl groups excluding tert-OH is 1. The number of amides is 2. The van der Waals surface area contributed by atoms with E-state index in [4.69, 9.17) is 14.2 Å². The van der Waals surface area contributed by atoms with Crippen LogP contribution in [0, 0.1) is 5.92 Å². The van der Waals surface area contributed by atoms with Crippen LogP contribution in [0.5, 0.6) is 5.75 Å². The summed E-state index contributed by atoms with van der Waals surface area (Å²) in [6, 6.07) is 13.1. The first-order valence-corrected chi connectivity index (χ1v) is 18.4. The Morgan fingerprint density at radius 3 is 2.50 bits per heavy atom. The van der Waals surface area contributed by atoms with Crippen LogP contribution in [0.1, 0.15) is 49.3 Å². The molecule has 3 heterocycles. The standard InChI is InChI=1S/C33H44N2O8Si/c1-21-31(44(4,5)40)28(18-29(37)35-19-23-11-7-6-10-22(23)16-24(35)20-36)43-33(21)26-17-25(41-2)13-14-27(26)34(32(33)39)15-9-8-12-30(38)42-3/h6-7,10-11,13-14,17,21,24,28,31,36,40H,8-9,12,15-16,18-20H2,1-5H3/t21-,24+,28+,31-,33+/m1/s1. The Morgan fingerprint density at radius 2 is 1.84 bits per heavy atom. The van der Waals surface area contributed by atoms with Gasteiger partial charge in [-0.1, -0.05) is 31.2 Å². The van der Waals surface area contributed by atoms with Crippen molar-refractivity contribution in [1.29, 1.82) is 0 Å². The molecule has 0 radical (unpaired) electrons. The van der Waals surface area contributed by atoms with Crippen LogP contribution in [-0.2, 0) is 42.4 Å². The van der Waals surface area contributed by atoms with Crippen LogP contribution in [0.25, 0.3) is 0 Å². The number of esters is 1. The quantitative estimate of drug-likeness (QED) is 0.234. The van der Waals surface area contributed by atoms with Gasteiger partial charge in [0.25, 0.3) is 5.91 Å². The summed E-state index contributed by atoms with van der Waals surface area (Å²) in [6.07, 6.45) is 1.25. The van der Waals surface area contributed by atoms with E-state index in [1.807, 2.05) is 56.4 Å². The zero-order valence-electron chi connectivity index (χ0n) is 26.2. The Balaban J connectivity index is 1.46. The number of carbonyl (C=O) groups is 3. The van der Waals surface area contributed by atoms with Crippen LogP contribution >= 0.6 is 0 Å². The van der Waals surface area contributed by atoms with Crippen molar-refractivity contribution in [1.82, 2.24) is 4.90 Å². The first kappa shape index (κ1) is 32.1. The minimum atomic E-state index is -2.98. The highest BCUT2D eigenvalue weighted by atomic mass is 28.4. The minimum absolute atomic E-state index is 0.0157. The average molecular weight is 625 g/mol. The Hall–Kier alpha value is -3.25. The van der Waals surface area contributed by atoms with Gasteiger partial charge in [0.05, 0.1) is 45.1 Å². The number of nitrogens with zero attached hydrogens (tertiary/aromatic N) is 2. The smallest absolute Gasteiger partial charge is 0.305 e. The summed E-state index contributed by atoms with van der Waals surface area (Å²) in [5.74, 6) is -0.551. The van der Waals surface area contributed by atoms with Crippen molar-refractivity contribution >= 4 is 31.8 Å². The highest BCUT2D eigenvalue weighted by Gasteiger charge is 2.66. The molecule has 2 N–H and O–H groups in total. The highest BCUT2D eigenvalue weighted by Crippen LogP contribution is 2.60. The maximum Gasteiger partial charge on any atom is 0.305 e. The van der Waals surface area contributed by atoms with E-state index in [1.165, 1.54) is 7.11 Å². The fraction of sp³-hybridized carbons (Fsp3) is 0.545. The van der Waals surface area contributed by atoms with Gasteiger partial charge in [0.15, 0.2) is 13.9 Å². The summed E-state index contributed by atoms with van der Waals surface area (Å²) in [4.78, 5) is 55.2. The molecule has 238 valence electrons. The molecule has 2 amide bonds. The topological polar surface area (TPSA) is 126 Å². The Kier molecular flexibility index (Phi) is 9.23. The normalized spacial score (nSPS) is 26.1. The van der Waals surface area contributed by atoms with Gasteiger partial charge in [-0.05, 0) is 61.7 Å². The molecule has 0 aliphatic carbocycles. The number of unbranched alkanes of at least 4 members (excludes halogenated alkanes) is 1. The zero-order valence-corrected chi connectivity index (χ0v) is 27.2. The summed E-state index contributed by atoms with van der Waals surface area (Å²) < 4.78 is 17.1. The van der Waals surface area contributed by atoms with Crippen molar-refractivity contribution in [3.8, 4) is 5.75 Å². The van der Waals surface area contributed by atoms with E-state index >= 15 is 0 Å². The van der Waals surface area contributed by atoms with Crippen LogP contribution in [0.3, 0.4) is 0 Å². The summed E-state index contributed by atoms with van der Waals surface area (Å²) >= 11 is 0. The maximum atomic E-state index is 14.5. The molecule has 0 aromatic heterocycles. The molecule has 5 rings (SSSR count). The SMILES string of the molecule is COC(=O)CCCCN1C(=O)[C@@]2(O[C@@H](CC(=O)N3Cc4ccccc4C[C@H]3CO)[C@H]([Si](C)(C)O)[C@H]2C)c2cc(OC)ccc21. The lowest BCUT2D eigenvalue weighted by Gasteiger charge is -2.37. The number of hydrogen-bond donors (Lipinski definition) is 2. The molecule has 0 saturated carbocycles. The number of carbonyl (C=O) groups excluding carboxylic acids is 3. The second kappa shape index (κ2) is 12.6. The van der Waals surface area contributed by atoms with Crippen molar-refractivity contribution in [2.24, 2.45) is 5.92 Å². The highest BCUT2D eigenvalue weighted by molar-refractivity contribution is 6.71. The lowest BCUT2D eigenvalue weighted by Crippen LogP contribution is -2.48. The average Bonchev–Trinajstić information content (AvgIpc) is 3.43. The van der Waals surface area contributed by atoms with Crippen LogP contribution in [0.15, 0.2) is 42.5 Å². The summed E-state index contributed by atoms with van der Waals surface area (Å²) in [5.41, 5.74) is 1.72. The number of ether oxygens (including phenoxy) is 3. The van der Waals surface area contributed by atoms with Gasteiger partial charge in [0.2, 0.25) is 5.91 Å². The van der Waals surface area contributed by atoms with Gasteiger partial charge in [-0.25, -0.2) is 0 Å². The number of hydrogen-bond acceptors (Lipinski definition) is 8. The molecule has 1 fully saturated rings. The van der Waals surface area contributed by atoms with Crippen LogP contribution in [0.2, 0.25) is 18.6 Å². The predicted molar refractivity (Wildman–Crippen MR) is 167 cm³/mol. The lowest BCUT2D eigenvalue weighted by molar-refractivity contribution is -0.151. The summed E-state index contributed by atoms with van der Waals surface area (Å²) in [7, 11) is -0.0606. The third-order valence-electron chi connectivity index (χ3n) is 9.69. The van der Waals surface area contributed by atoms with E-state index in [0.717, 1.165) is 11.1 Å². The molecule has 3 aliphatic rings. The van der Waals surface area contributed by atoms with E-state index < -0.39 is 31.5 Å². The van der Waals surface area contributed by atoms with Crippen molar-refractivity contribution in [3.63, 3.8) is 0 Å². The van der Waals surface area contributed by atoms with Crippen LogP contribution < -0.4 is 9.64 Å². The molecule has 0 bridgehead atoms. The molecule has 10 nitrogen and oxygen atoms in total. The second-order valence-corrected chi connectivity index (χ2v) is 16.7. The number of fused-ring (bicyclic) bond motifs is 3. The molecular formula is C33H44N2O8Si. The van der Waals surface area contributed by atoms with E-state index in [0.29, 0.717) is 49.4 Å². The maximum absolute atomic E-state index is 14.5. The first-order valence-electron chi connectivity index (χ1n) is 15.4. The van der Waals surface area contributed by atoms with Crippen molar-refractivity contribution < 1.29 is 38.5 Å². The van der Waals surface area contributed by atoms with E-state index in [-0.39, 0.29) is 43.3 Å². The Bertz CT molecular complexity index is 1410. The van der Waals surface area contributed by atoms with Crippen LogP contribution in [0.4, 0.5) is 5.69 Å². The van der Waals surface area contributed by atoms with Crippen molar-refractivity contribution in [2.45, 2.75) is 82.0 Å². The molecule has 2 aromatic rings. The third kappa shape index (κ3) is 5.66. The monoisotopic (exact) mass is 624 g/mol. The largest absolute Gasteiger partial charge is 0.497 e. The molecule has 44 heavy (non-hydrogen) atoms. The van der Waals surface area contributed by atoms with E-state index in [9.17, 15) is 24.3 Å². The summed E-state index contributed by atoms with van der Waals surface area (Å²) in [5, 5.41) is 10.2. The van der Waals surface area contributed by atoms with Gasteiger partial charge in [-0.3, -0.25) is 14.4 Å². The van der Waals surface area contributed by atoms with Gasteiger partial charge < -0.3 is 33.9 Å². The van der Waals surface area contributed by atoms with Gasteiger partial charge in [0, 0.05) is 36.5 Å². The number of aliphatic hydroxyl groups is 1. The molecule has 11 heteroatoms. The zero-order chi connectivity index (χ0) is 31.8. The molecule has 1 spiro atoms. The molecule has 3 aliphatic heterocycles. The number of benzene rings is 2. The minimum Gasteiger partial charge on any atom is -0.497 e. The molecule has 0 unspecified atom stereocenters.